The number of methoxy groups -OCH3 is 1. The number of aromatic nitrogens is 1. The van der Waals surface area contributed by atoms with E-state index in [1.807, 2.05) is 0 Å². The third kappa shape index (κ3) is 5.36. The van der Waals surface area contributed by atoms with Gasteiger partial charge in [0.15, 0.2) is 0 Å². The molecule has 1 fully saturated rings. The molecule has 1 aromatic heterocycles. The van der Waals surface area contributed by atoms with Gasteiger partial charge in [0.05, 0.1) is 26.7 Å². The molecule has 2 aromatic rings. The number of ether oxygens (including phenoxy) is 3. The van der Waals surface area contributed by atoms with E-state index in [0.717, 1.165) is 0 Å². The summed E-state index contributed by atoms with van der Waals surface area (Å²) in [4.78, 5) is 30.3. The number of nitrogens with two attached hydrogens (primary N) is 1. The van der Waals surface area contributed by atoms with Gasteiger partial charge in [0.1, 0.15) is 18.0 Å². The number of carbonyl (C=O) groups excluding carboxylic acids is 2. The first-order chi connectivity index (χ1) is 13.9. The molecule has 0 radical (unpaired) electrons. The molecule has 29 heavy (non-hydrogen) atoms. The van der Waals surface area contributed by atoms with Gasteiger partial charge in [-0.05, 0) is 30.3 Å². The van der Waals surface area contributed by atoms with Crippen LogP contribution in [0.5, 0.6) is 11.6 Å². The number of pyridine rings is 1. The van der Waals surface area contributed by atoms with Crippen LogP contribution in [0.15, 0.2) is 42.6 Å². The fourth-order valence-corrected chi connectivity index (χ4v) is 3.29. The van der Waals surface area contributed by atoms with Crippen molar-refractivity contribution < 1.29 is 23.8 Å². The van der Waals surface area contributed by atoms with E-state index in [-0.39, 0.29) is 32.1 Å². The molecule has 1 saturated heterocycles. The second-order valence-corrected chi connectivity index (χ2v) is 7.17. The van der Waals surface area contributed by atoms with Gasteiger partial charge in [-0.2, -0.15) is 0 Å². The molecule has 0 bridgehead atoms. The number of benzene rings is 1. The Morgan fingerprint density at radius 1 is 1.31 bits per heavy atom. The molecule has 0 spiro atoms. The molecule has 2 amide bonds. The zero-order valence-corrected chi connectivity index (χ0v) is 16.7. The second kappa shape index (κ2) is 9.11. The Bertz CT molecular complexity index is 877. The molecule has 2 N–H and O–H groups in total. The van der Waals surface area contributed by atoms with Crippen molar-refractivity contribution in [1.29, 1.82) is 0 Å². The van der Waals surface area contributed by atoms with Gasteiger partial charge >= 0.3 is 0 Å². The number of amides is 2. The Morgan fingerprint density at radius 2 is 2.07 bits per heavy atom. The second-order valence-electron chi connectivity index (χ2n) is 6.73. The molecule has 0 unspecified atom stereocenters. The van der Waals surface area contributed by atoms with Crippen LogP contribution in [0.4, 0.5) is 0 Å². The SMILES string of the molecule is COc1cc(C(=O)N2CCO[C@](COc3ccc(Cl)cc3)(CC(N)=O)C2)ccn1. The smallest absolute Gasteiger partial charge is 0.254 e. The van der Waals surface area contributed by atoms with Crippen molar-refractivity contribution in [1.82, 2.24) is 9.88 Å². The van der Waals surface area contributed by atoms with E-state index in [1.54, 1.807) is 41.3 Å². The number of hydrogen-bond acceptors (Lipinski definition) is 6. The lowest BCUT2D eigenvalue weighted by atomic mass is 9.97. The summed E-state index contributed by atoms with van der Waals surface area (Å²) in [7, 11) is 1.48. The molecule has 0 aliphatic carbocycles. The van der Waals surface area contributed by atoms with E-state index in [1.165, 1.54) is 13.3 Å². The normalized spacial score (nSPS) is 18.9. The number of rotatable bonds is 7. The van der Waals surface area contributed by atoms with Crippen LogP contribution >= 0.6 is 11.6 Å². The molecule has 2 heterocycles. The number of nitrogens with zero attached hydrogens (tertiary/aromatic N) is 2. The maximum absolute atomic E-state index is 13.0. The van der Waals surface area contributed by atoms with E-state index in [4.69, 9.17) is 31.5 Å². The van der Waals surface area contributed by atoms with Crippen molar-refractivity contribution >= 4 is 23.4 Å². The molecule has 1 aliphatic rings. The summed E-state index contributed by atoms with van der Waals surface area (Å²) in [6.07, 6.45) is 1.43. The van der Waals surface area contributed by atoms with E-state index >= 15 is 0 Å². The molecule has 1 aliphatic heterocycles. The van der Waals surface area contributed by atoms with Crippen LogP contribution in [-0.4, -0.2) is 60.7 Å². The lowest BCUT2D eigenvalue weighted by Crippen LogP contribution is -2.58. The van der Waals surface area contributed by atoms with E-state index in [2.05, 4.69) is 4.98 Å². The van der Waals surface area contributed by atoms with Gasteiger partial charge < -0.3 is 24.8 Å². The third-order valence-corrected chi connectivity index (χ3v) is 4.79. The van der Waals surface area contributed by atoms with E-state index in [0.29, 0.717) is 28.8 Å². The highest BCUT2D eigenvalue weighted by molar-refractivity contribution is 6.30. The fourth-order valence-electron chi connectivity index (χ4n) is 3.16. The topological polar surface area (TPSA) is 104 Å². The van der Waals surface area contributed by atoms with Crippen LogP contribution in [0.2, 0.25) is 5.02 Å². The molecule has 8 nitrogen and oxygen atoms in total. The van der Waals surface area contributed by atoms with Gasteiger partial charge in [-0.1, -0.05) is 11.6 Å². The molecule has 9 heteroatoms. The lowest BCUT2D eigenvalue weighted by molar-refractivity contribution is -0.142. The summed E-state index contributed by atoms with van der Waals surface area (Å²) >= 11 is 5.89. The molecular formula is C20H22ClN3O5. The Hall–Kier alpha value is -2.84. The summed E-state index contributed by atoms with van der Waals surface area (Å²) in [5.74, 6) is 0.168. The summed E-state index contributed by atoms with van der Waals surface area (Å²) in [5.41, 5.74) is 4.84. The fraction of sp³-hybridized carbons (Fsp3) is 0.350. The average Bonchev–Trinajstić information content (AvgIpc) is 2.72. The van der Waals surface area contributed by atoms with Crippen molar-refractivity contribution in [3.63, 3.8) is 0 Å². The van der Waals surface area contributed by atoms with Crippen molar-refractivity contribution in [2.24, 2.45) is 5.73 Å². The van der Waals surface area contributed by atoms with Crippen molar-refractivity contribution in [3.8, 4) is 11.6 Å². The minimum absolute atomic E-state index is 0.0566. The van der Waals surface area contributed by atoms with Crippen molar-refractivity contribution in [2.45, 2.75) is 12.0 Å². The highest BCUT2D eigenvalue weighted by Gasteiger charge is 2.41. The standard InChI is InChI=1S/C20H22ClN3O5/c1-27-18-10-14(6-7-23-18)19(26)24-8-9-29-20(12-24,11-17(22)25)13-28-16-4-2-15(21)3-5-16/h2-7,10H,8-9,11-13H2,1H3,(H2,22,25)/t20-/m1/s1. The molecule has 1 atom stereocenters. The summed E-state index contributed by atoms with van der Waals surface area (Å²) in [6.45, 7) is 0.851. The Kier molecular flexibility index (Phi) is 6.56. The first-order valence-corrected chi connectivity index (χ1v) is 9.38. The van der Waals surface area contributed by atoms with Crippen LogP contribution in [0.3, 0.4) is 0 Å². The zero-order valence-electron chi connectivity index (χ0n) is 16.0. The Morgan fingerprint density at radius 3 is 2.76 bits per heavy atom. The summed E-state index contributed by atoms with van der Waals surface area (Å²) in [6, 6.07) is 10.0. The number of hydrogen-bond donors (Lipinski definition) is 1. The highest BCUT2D eigenvalue weighted by Crippen LogP contribution is 2.26. The first-order valence-electron chi connectivity index (χ1n) is 9.01. The minimum atomic E-state index is -1.05. The number of primary amides is 1. The number of halogens is 1. The average molecular weight is 420 g/mol. The van der Waals surface area contributed by atoms with Gasteiger partial charge in [-0.15, -0.1) is 0 Å². The predicted octanol–water partition coefficient (Wildman–Crippen LogP) is 1.91. The summed E-state index contributed by atoms with van der Waals surface area (Å²) < 4.78 is 16.8. The van der Waals surface area contributed by atoms with E-state index in [9.17, 15) is 9.59 Å². The maximum atomic E-state index is 13.0. The largest absolute Gasteiger partial charge is 0.490 e. The molecule has 0 saturated carbocycles. The molecule has 154 valence electrons. The monoisotopic (exact) mass is 419 g/mol. The van der Waals surface area contributed by atoms with Crippen molar-refractivity contribution in [2.75, 3.05) is 33.4 Å². The van der Waals surface area contributed by atoms with Crippen LogP contribution in [0.25, 0.3) is 0 Å². The van der Waals surface area contributed by atoms with Crippen LogP contribution in [-0.2, 0) is 9.53 Å². The number of carbonyl (C=O) groups is 2. The van der Waals surface area contributed by atoms with Crippen LogP contribution < -0.4 is 15.2 Å². The Labute approximate surface area is 173 Å². The van der Waals surface area contributed by atoms with Gasteiger partial charge in [0.25, 0.3) is 5.91 Å². The van der Waals surface area contributed by atoms with Crippen LogP contribution in [0.1, 0.15) is 16.8 Å². The minimum Gasteiger partial charge on any atom is -0.490 e. The van der Waals surface area contributed by atoms with Crippen LogP contribution in [0, 0.1) is 0 Å². The highest BCUT2D eigenvalue weighted by atomic mass is 35.5. The van der Waals surface area contributed by atoms with Crippen molar-refractivity contribution in [3.05, 3.63) is 53.2 Å². The lowest BCUT2D eigenvalue weighted by Gasteiger charge is -2.42. The van der Waals surface area contributed by atoms with Gasteiger partial charge in [-0.25, -0.2) is 4.98 Å². The summed E-state index contributed by atoms with van der Waals surface area (Å²) in [5, 5.41) is 0.586. The predicted molar refractivity (Wildman–Crippen MR) is 106 cm³/mol. The van der Waals surface area contributed by atoms with Gasteiger partial charge in [0, 0.05) is 29.4 Å². The first kappa shape index (κ1) is 20.9. The van der Waals surface area contributed by atoms with Gasteiger partial charge in [-0.3, -0.25) is 9.59 Å². The molecule has 1 aromatic carbocycles. The molecule has 3 rings (SSSR count). The molecular weight excluding hydrogens is 398 g/mol. The third-order valence-electron chi connectivity index (χ3n) is 4.54. The quantitative estimate of drug-likeness (QED) is 0.735. The Balaban J connectivity index is 1.76. The number of morpholine rings is 1. The van der Waals surface area contributed by atoms with E-state index < -0.39 is 11.5 Å². The van der Waals surface area contributed by atoms with Gasteiger partial charge in [0.2, 0.25) is 11.8 Å². The maximum Gasteiger partial charge on any atom is 0.254 e. The zero-order chi connectivity index (χ0) is 20.9.